The molecule has 3 N–H and O–H groups in total. The van der Waals surface area contributed by atoms with E-state index in [1.54, 1.807) is 44.2 Å². The highest BCUT2D eigenvalue weighted by atomic mass is 32.2. The monoisotopic (exact) mass is 520 g/mol. The Morgan fingerprint density at radius 2 is 1.83 bits per heavy atom. The number of hydrogen-bond acceptors (Lipinski definition) is 8. The van der Waals surface area contributed by atoms with Crippen LogP contribution in [-0.2, 0) is 31.4 Å². The van der Waals surface area contributed by atoms with E-state index in [9.17, 15) is 24.3 Å². The molecule has 0 saturated heterocycles. The lowest BCUT2D eigenvalue weighted by atomic mass is 10.0. The van der Waals surface area contributed by atoms with Crippen LogP contribution >= 0.6 is 11.8 Å². The average Bonchev–Trinajstić information content (AvgIpc) is 3.35. The summed E-state index contributed by atoms with van der Waals surface area (Å²) in [6, 6.07) is 6.35. The molecule has 2 atom stereocenters. The largest absolute Gasteiger partial charge is 0.497 e. The smallest absolute Gasteiger partial charge is 0.305 e. The van der Waals surface area contributed by atoms with Crippen molar-refractivity contribution in [2.75, 3.05) is 20.0 Å². The molecule has 1 aromatic heterocycles. The maximum absolute atomic E-state index is 13.0. The Hall–Kier alpha value is -3.47. The number of nitrogens with one attached hydrogen (secondary N) is 2. The van der Waals surface area contributed by atoms with Crippen LogP contribution in [0.5, 0.6) is 11.5 Å². The molecule has 36 heavy (non-hydrogen) atoms. The zero-order chi connectivity index (χ0) is 26.7. The van der Waals surface area contributed by atoms with Gasteiger partial charge in [0.1, 0.15) is 23.3 Å². The van der Waals surface area contributed by atoms with E-state index in [0.717, 1.165) is 0 Å². The summed E-state index contributed by atoms with van der Waals surface area (Å²) >= 11 is 1.26. The minimum atomic E-state index is -1.23. The third-order valence-corrected chi connectivity index (χ3v) is 6.23. The maximum Gasteiger partial charge on any atom is 0.305 e. The summed E-state index contributed by atoms with van der Waals surface area (Å²) in [4.78, 5) is 49.8. The highest BCUT2D eigenvalue weighted by Crippen LogP contribution is 2.24. The van der Waals surface area contributed by atoms with Gasteiger partial charge in [0.15, 0.2) is 5.78 Å². The van der Waals surface area contributed by atoms with Crippen molar-refractivity contribution in [1.82, 2.24) is 10.6 Å². The Bertz CT molecular complexity index is 1040. The first-order valence-electron chi connectivity index (χ1n) is 11.3. The van der Waals surface area contributed by atoms with Crippen molar-refractivity contribution in [2.45, 2.75) is 44.5 Å². The lowest BCUT2D eigenvalue weighted by Gasteiger charge is -2.24. The van der Waals surface area contributed by atoms with E-state index >= 15 is 0 Å². The molecule has 2 amide bonds. The number of carboxylic acids is 1. The van der Waals surface area contributed by atoms with Crippen molar-refractivity contribution in [2.24, 2.45) is 5.92 Å². The maximum atomic E-state index is 13.0. The second kappa shape index (κ2) is 14.2. The van der Waals surface area contributed by atoms with Crippen LogP contribution in [0.3, 0.4) is 0 Å². The minimum absolute atomic E-state index is 0.00668. The van der Waals surface area contributed by atoms with Crippen molar-refractivity contribution < 1.29 is 38.2 Å². The molecular weight excluding hydrogens is 488 g/mol. The Morgan fingerprint density at radius 3 is 2.42 bits per heavy atom. The van der Waals surface area contributed by atoms with Gasteiger partial charge in [0.2, 0.25) is 11.8 Å². The number of benzene rings is 1. The number of methoxy groups -OCH3 is 2. The summed E-state index contributed by atoms with van der Waals surface area (Å²) in [6.45, 7) is 3.48. The lowest BCUT2D eigenvalue weighted by Crippen LogP contribution is -2.54. The van der Waals surface area contributed by atoms with E-state index in [1.807, 2.05) is 0 Å². The number of thioether (sulfide) groups is 1. The molecule has 1 heterocycles. The topological polar surface area (TPSA) is 144 Å². The van der Waals surface area contributed by atoms with E-state index in [0.29, 0.717) is 28.6 Å². The number of ether oxygens (including phenoxy) is 2. The number of carbonyl (C=O) groups excluding carboxylic acids is 3. The number of aliphatic carboxylic acids is 1. The van der Waals surface area contributed by atoms with Gasteiger partial charge < -0.3 is 29.6 Å². The second-order valence-corrected chi connectivity index (χ2v) is 9.33. The fourth-order valence-corrected chi connectivity index (χ4v) is 4.25. The van der Waals surface area contributed by atoms with Crippen molar-refractivity contribution in [3.05, 3.63) is 47.9 Å². The van der Waals surface area contributed by atoms with E-state index in [1.165, 1.54) is 32.2 Å². The first-order valence-corrected chi connectivity index (χ1v) is 12.4. The van der Waals surface area contributed by atoms with Gasteiger partial charge in [0.05, 0.1) is 50.9 Å². The van der Waals surface area contributed by atoms with Crippen LogP contribution in [-0.4, -0.2) is 60.7 Å². The van der Waals surface area contributed by atoms with Gasteiger partial charge in [-0.3, -0.25) is 19.2 Å². The van der Waals surface area contributed by atoms with Crippen LogP contribution in [0.15, 0.2) is 41.0 Å². The molecule has 10 nitrogen and oxygen atoms in total. The molecular formula is C25H32N2O8S. The zero-order valence-electron chi connectivity index (χ0n) is 20.7. The van der Waals surface area contributed by atoms with Crippen molar-refractivity contribution in [1.29, 1.82) is 0 Å². The normalized spacial score (nSPS) is 12.5. The molecule has 0 bridgehead atoms. The number of carbonyl (C=O) groups is 4. The molecule has 0 radical (unpaired) electrons. The molecule has 2 rings (SSSR count). The summed E-state index contributed by atoms with van der Waals surface area (Å²) < 4.78 is 15.7. The second-order valence-electron chi connectivity index (χ2n) is 8.34. The number of furan rings is 1. The van der Waals surface area contributed by atoms with Crippen molar-refractivity contribution >= 4 is 35.3 Å². The molecule has 0 saturated carbocycles. The van der Waals surface area contributed by atoms with Gasteiger partial charge >= 0.3 is 5.97 Å². The first kappa shape index (κ1) is 28.8. The zero-order valence-corrected chi connectivity index (χ0v) is 21.6. The third kappa shape index (κ3) is 8.95. The van der Waals surface area contributed by atoms with Crippen molar-refractivity contribution in [3.63, 3.8) is 0 Å². The van der Waals surface area contributed by atoms with Crippen LogP contribution in [0.2, 0.25) is 0 Å². The quantitative estimate of drug-likeness (QED) is 0.322. The summed E-state index contributed by atoms with van der Waals surface area (Å²) in [6.07, 6.45) is 0.888. The SMILES string of the molecule is COc1ccc(OC)c(CC(=O)N[C@H](C(=O)NC(CC(=O)O)C(=O)CSCc2ccco2)C(C)C)c1. The molecule has 1 aromatic carbocycles. The van der Waals surface area contributed by atoms with Gasteiger partial charge in [0, 0.05) is 5.56 Å². The molecule has 11 heteroatoms. The van der Waals surface area contributed by atoms with Gasteiger partial charge in [0.25, 0.3) is 0 Å². The Morgan fingerprint density at radius 1 is 1.08 bits per heavy atom. The minimum Gasteiger partial charge on any atom is -0.497 e. The highest BCUT2D eigenvalue weighted by molar-refractivity contribution is 7.99. The summed E-state index contributed by atoms with van der Waals surface area (Å²) in [5.74, 6) is -0.892. The van der Waals surface area contributed by atoms with E-state index in [-0.39, 0.29) is 18.1 Å². The Labute approximate surface area is 214 Å². The van der Waals surface area contributed by atoms with Crippen LogP contribution in [0.1, 0.15) is 31.6 Å². The Kier molecular flexibility index (Phi) is 11.3. The number of ketones is 1. The van der Waals surface area contributed by atoms with Crippen LogP contribution in [0.25, 0.3) is 0 Å². The number of hydrogen-bond donors (Lipinski definition) is 3. The fourth-order valence-electron chi connectivity index (χ4n) is 3.38. The molecule has 0 fully saturated rings. The predicted molar refractivity (Wildman–Crippen MR) is 134 cm³/mol. The van der Waals surface area contributed by atoms with Gasteiger partial charge in [-0.25, -0.2) is 0 Å². The number of rotatable bonds is 15. The number of amides is 2. The van der Waals surface area contributed by atoms with Crippen molar-refractivity contribution in [3.8, 4) is 11.5 Å². The lowest BCUT2D eigenvalue weighted by molar-refractivity contribution is -0.140. The van der Waals surface area contributed by atoms with E-state index in [4.69, 9.17) is 13.9 Å². The third-order valence-electron chi connectivity index (χ3n) is 5.26. The molecule has 0 aliphatic heterocycles. The van der Waals surface area contributed by atoms with Gasteiger partial charge in [-0.2, -0.15) is 0 Å². The molecule has 1 unspecified atom stereocenters. The fraction of sp³-hybridized carbons (Fsp3) is 0.440. The van der Waals surface area contributed by atoms with Crippen LogP contribution in [0.4, 0.5) is 0 Å². The summed E-state index contributed by atoms with van der Waals surface area (Å²) in [5, 5.41) is 14.5. The summed E-state index contributed by atoms with van der Waals surface area (Å²) in [5.41, 5.74) is 0.574. The molecule has 0 spiro atoms. The van der Waals surface area contributed by atoms with Crippen LogP contribution in [0, 0.1) is 5.92 Å². The highest BCUT2D eigenvalue weighted by Gasteiger charge is 2.30. The number of Topliss-reactive ketones (excluding diaryl/α,β-unsaturated/α-hetero) is 1. The number of carboxylic acid groups (broad SMARTS) is 1. The average molecular weight is 521 g/mol. The first-order chi connectivity index (χ1) is 17.1. The van der Waals surface area contributed by atoms with Gasteiger partial charge in [-0.1, -0.05) is 13.8 Å². The molecule has 0 aliphatic rings. The molecule has 0 aliphatic carbocycles. The van der Waals surface area contributed by atoms with E-state index < -0.39 is 42.1 Å². The van der Waals surface area contributed by atoms with Gasteiger partial charge in [-0.05, 0) is 36.2 Å². The van der Waals surface area contributed by atoms with Gasteiger partial charge in [-0.15, -0.1) is 11.8 Å². The molecule has 196 valence electrons. The van der Waals surface area contributed by atoms with Crippen LogP contribution < -0.4 is 20.1 Å². The predicted octanol–water partition coefficient (Wildman–Crippen LogP) is 2.44. The summed E-state index contributed by atoms with van der Waals surface area (Å²) in [7, 11) is 3.00. The Balaban J connectivity index is 2.04. The van der Waals surface area contributed by atoms with E-state index in [2.05, 4.69) is 10.6 Å². The standard InChI is InChI=1S/C25H32N2O8S/c1-15(2)24(27-22(29)11-16-10-17(33-3)7-8-21(16)34-4)25(32)26-19(12-23(30)31)20(28)14-36-13-18-6-5-9-35-18/h5-10,15,19,24H,11-14H2,1-4H3,(H,26,32)(H,27,29)(H,30,31)/t19?,24-/m0/s1. The molecule has 2 aromatic rings.